The van der Waals surface area contributed by atoms with Crippen LogP contribution in [0.4, 0.5) is 0 Å². The van der Waals surface area contributed by atoms with Gasteiger partial charge in [-0.15, -0.1) is 0 Å². The lowest BCUT2D eigenvalue weighted by atomic mass is 9.43. The van der Waals surface area contributed by atoms with Gasteiger partial charge in [-0.05, 0) is 113 Å². The normalized spacial score (nSPS) is 44.3. The van der Waals surface area contributed by atoms with Crippen LogP contribution in [-0.2, 0) is 19.1 Å². The van der Waals surface area contributed by atoms with Crippen molar-refractivity contribution in [1.29, 1.82) is 0 Å². The Kier molecular flexibility index (Phi) is 8.56. The number of esters is 2. The molecule has 4 aliphatic carbocycles. The average molecular weight is 567 g/mol. The van der Waals surface area contributed by atoms with Crippen molar-refractivity contribution in [2.24, 2.45) is 46.3 Å². The summed E-state index contributed by atoms with van der Waals surface area (Å²) in [6.45, 7) is 14.2. The van der Waals surface area contributed by atoms with Crippen LogP contribution in [-0.4, -0.2) is 68.0 Å². The highest BCUT2D eigenvalue weighted by atomic mass is 16.6. The first-order valence-corrected chi connectivity index (χ1v) is 15.5. The van der Waals surface area contributed by atoms with Crippen molar-refractivity contribution >= 4 is 11.9 Å². The van der Waals surface area contributed by atoms with Gasteiger partial charge in [0.05, 0.1) is 18.3 Å². The molecule has 0 heterocycles. The highest BCUT2D eigenvalue weighted by Crippen LogP contribution is 2.69. The third-order valence-electron chi connectivity index (χ3n) is 12.3. The number of carbonyl (C=O) groups excluding carboxylic acids is 2. The topological polar surface area (TPSA) is 134 Å². The molecule has 4 fully saturated rings. The first-order chi connectivity index (χ1) is 18.3. The Bertz CT molecular complexity index is 963. The minimum Gasteiger partial charge on any atom is -0.460 e. The molecule has 0 aromatic heterocycles. The molecule has 0 amide bonds. The molecular weight excluding hydrogens is 512 g/mol. The summed E-state index contributed by atoms with van der Waals surface area (Å²) in [5.41, 5.74) is -3.05. The number of hydrogen-bond donors (Lipinski definition) is 4. The molecule has 0 radical (unpaired) electrons. The maximum absolute atomic E-state index is 12.3. The molecule has 4 rings (SSSR count). The Morgan fingerprint density at radius 3 is 2.20 bits per heavy atom. The van der Waals surface area contributed by atoms with E-state index in [1.54, 1.807) is 20.8 Å². The van der Waals surface area contributed by atoms with Crippen LogP contribution < -0.4 is 0 Å². The Morgan fingerprint density at radius 2 is 1.60 bits per heavy atom. The molecule has 0 aromatic rings. The second-order valence-electron chi connectivity index (χ2n) is 15.2. The molecule has 8 heteroatoms. The van der Waals surface area contributed by atoms with Gasteiger partial charge in [-0.3, -0.25) is 9.59 Å². The van der Waals surface area contributed by atoms with E-state index in [-0.39, 0.29) is 41.6 Å². The van der Waals surface area contributed by atoms with Gasteiger partial charge in [-0.1, -0.05) is 20.8 Å². The lowest BCUT2D eigenvalue weighted by molar-refractivity contribution is -0.215. The zero-order valence-corrected chi connectivity index (χ0v) is 25.9. The minimum absolute atomic E-state index is 0.0492. The van der Waals surface area contributed by atoms with E-state index in [1.165, 1.54) is 13.8 Å². The second kappa shape index (κ2) is 10.8. The van der Waals surface area contributed by atoms with Crippen LogP contribution in [0.5, 0.6) is 0 Å². The van der Waals surface area contributed by atoms with Crippen LogP contribution in [0.3, 0.4) is 0 Å². The van der Waals surface area contributed by atoms with Gasteiger partial charge >= 0.3 is 11.9 Å². The van der Waals surface area contributed by atoms with E-state index < -0.39 is 52.8 Å². The van der Waals surface area contributed by atoms with E-state index in [4.69, 9.17) is 9.47 Å². The minimum atomic E-state index is -1.59. The Hall–Kier alpha value is -1.22. The fraction of sp³-hybridized carbons (Fsp3) is 0.938. The van der Waals surface area contributed by atoms with Crippen molar-refractivity contribution < 1.29 is 39.5 Å². The SMILES string of the molecule is CC(=O)OC(CC(C)C(C)(C)OC(C)=O)[C@](C)(O)[C@H]1[C@@H](O)C[C@H]2[C@@H]3CC[C@H]4C[C@H](O)CC[C@]4(C)[C@H]3[C@@H](O)C[C@@]21C. The van der Waals surface area contributed by atoms with E-state index in [9.17, 15) is 30.0 Å². The molecule has 4 saturated carbocycles. The molecule has 13 atom stereocenters. The fourth-order valence-electron chi connectivity index (χ4n) is 10.3. The van der Waals surface area contributed by atoms with E-state index in [1.807, 2.05) is 6.92 Å². The van der Waals surface area contributed by atoms with Crippen LogP contribution in [0.2, 0.25) is 0 Å². The predicted molar refractivity (Wildman–Crippen MR) is 150 cm³/mol. The average Bonchev–Trinajstić information content (AvgIpc) is 3.07. The molecule has 4 N–H and O–H groups in total. The third kappa shape index (κ3) is 5.35. The summed E-state index contributed by atoms with van der Waals surface area (Å²) in [6, 6.07) is 0. The van der Waals surface area contributed by atoms with Crippen molar-refractivity contribution in [1.82, 2.24) is 0 Å². The molecule has 4 aliphatic rings. The zero-order chi connectivity index (χ0) is 30.0. The Labute approximate surface area is 240 Å². The number of carbonyl (C=O) groups is 2. The summed E-state index contributed by atoms with van der Waals surface area (Å²) in [7, 11) is 0. The maximum atomic E-state index is 12.3. The van der Waals surface area contributed by atoms with Crippen LogP contribution in [0.1, 0.15) is 107 Å². The molecular formula is C32H54O8. The maximum Gasteiger partial charge on any atom is 0.303 e. The molecule has 0 aromatic carbocycles. The molecule has 0 aliphatic heterocycles. The number of fused-ring (bicyclic) bond motifs is 5. The van der Waals surface area contributed by atoms with Gasteiger partial charge in [0.25, 0.3) is 0 Å². The molecule has 230 valence electrons. The largest absolute Gasteiger partial charge is 0.460 e. The monoisotopic (exact) mass is 566 g/mol. The Balaban J connectivity index is 1.64. The molecule has 0 bridgehead atoms. The van der Waals surface area contributed by atoms with Crippen LogP contribution in [0, 0.1) is 46.3 Å². The van der Waals surface area contributed by atoms with Crippen molar-refractivity contribution in [3.05, 3.63) is 0 Å². The van der Waals surface area contributed by atoms with Gasteiger partial charge in [0, 0.05) is 19.8 Å². The first kappa shape index (κ1) is 31.7. The van der Waals surface area contributed by atoms with Gasteiger partial charge in [-0.2, -0.15) is 0 Å². The number of aliphatic hydroxyl groups is 4. The van der Waals surface area contributed by atoms with E-state index in [0.29, 0.717) is 18.8 Å². The van der Waals surface area contributed by atoms with Crippen molar-refractivity contribution in [2.45, 2.75) is 142 Å². The summed E-state index contributed by atoms with van der Waals surface area (Å²) in [5.74, 6) is -0.985. The molecule has 8 nitrogen and oxygen atoms in total. The number of rotatable bonds is 7. The summed E-state index contributed by atoms with van der Waals surface area (Å²) in [5, 5.41) is 46.1. The summed E-state index contributed by atoms with van der Waals surface area (Å²) in [6.07, 6.45) is 3.05. The van der Waals surface area contributed by atoms with Crippen LogP contribution in [0.15, 0.2) is 0 Å². The molecule has 0 spiro atoms. The van der Waals surface area contributed by atoms with E-state index in [2.05, 4.69) is 13.8 Å². The van der Waals surface area contributed by atoms with Crippen LogP contribution in [0.25, 0.3) is 0 Å². The lowest BCUT2D eigenvalue weighted by Crippen LogP contribution is -2.62. The summed E-state index contributed by atoms with van der Waals surface area (Å²) < 4.78 is 11.3. The standard InChI is InChI=1S/C32H54O8/c1-17(29(4,5)40-19(3)34)13-26(39-18(2)33)32(8,38)28-24(36)15-23-22-10-9-20-14-21(35)11-12-30(20,6)27(22)25(37)16-31(23,28)7/h17,20-28,35-38H,9-16H2,1-8H3/t17?,20-,21+,22-,23-,24-,25-,26?,27+,28-,30-,31-,32-/m0/s1. The van der Waals surface area contributed by atoms with Gasteiger partial charge < -0.3 is 29.9 Å². The smallest absolute Gasteiger partial charge is 0.303 e. The summed E-state index contributed by atoms with van der Waals surface area (Å²) in [4.78, 5) is 24.0. The highest BCUT2D eigenvalue weighted by Gasteiger charge is 2.68. The Morgan fingerprint density at radius 1 is 0.950 bits per heavy atom. The van der Waals surface area contributed by atoms with Crippen molar-refractivity contribution in [3.8, 4) is 0 Å². The fourth-order valence-corrected chi connectivity index (χ4v) is 10.3. The number of hydrogen-bond acceptors (Lipinski definition) is 8. The zero-order valence-electron chi connectivity index (χ0n) is 25.9. The first-order valence-electron chi connectivity index (χ1n) is 15.5. The second-order valence-corrected chi connectivity index (χ2v) is 15.2. The van der Waals surface area contributed by atoms with Gasteiger partial charge in [0.2, 0.25) is 0 Å². The van der Waals surface area contributed by atoms with E-state index in [0.717, 1.165) is 32.1 Å². The van der Waals surface area contributed by atoms with Gasteiger partial charge in [0.15, 0.2) is 0 Å². The van der Waals surface area contributed by atoms with Crippen molar-refractivity contribution in [3.63, 3.8) is 0 Å². The molecule has 0 saturated heterocycles. The lowest BCUT2D eigenvalue weighted by Gasteiger charge is -2.63. The van der Waals surface area contributed by atoms with Gasteiger partial charge in [-0.25, -0.2) is 0 Å². The molecule has 2 unspecified atom stereocenters. The quantitative estimate of drug-likeness (QED) is 0.340. The number of aliphatic hydroxyl groups excluding tert-OH is 3. The van der Waals surface area contributed by atoms with Crippen LogP contribution >= 0.6 is 0 Å². The third-order valence-corrected chi connectivity index (χ3v) is 12.3. The van der Waals surface area contributed by atoms with E-state index >= 15 is 0 Å². The summed E-state index contributed by atoms with van der Waals surface area (Å²) >= 11 is 0. The number of ether oxygens (including phenoxy) is 2. The van der Waals surface area contributed by atoms with Crippen molar-refractivity contribution in [2.75, 3.05) is 0 Å². The van der Waals surface area contributed by atoms with Gasteiger partial charge in [0.1, 0.15) is 17.3 Å². The molecule has 40 heavy (non-hydrogen) atoms. The predicted octanol–water partition coefficient (Wildman–Crippen LogP) is 4.00. The highest BCUT2D eigenvalue weighted by molar-refractivity contribution is 5.66.